The van der Waals surface area contributed by atoms with Crippen LogP contribution in [0.3, 0.4) is 0 Å². The molecule has 0 aliphatic heterocycles. The number of hydrogen-bond donors (Lipinski definition) is 0. The van der Waals surface area contributed by atoms with E-state index in [1.807, 2.05) is 39.0 Å². The van der Waals surface area contributed by atoms with Gasteiger partial charge >= 0.3 is 5.97 Å². The van der Waals surface area contributed by atoms with Crippen molar-refractivity contribution in [2.45, 2.75) is 39.2 Å². The molecule has 2 heteroatoms. The molecule has 2 rings (SSSR count). The van der Waals surface area contributed by atoms with Crippen molar-refractivity contribution in [3.63, 3.8) is 0 Å². The van der Waals surface area contributed by atoms with Crippen molar-refractivity contribution in [3.05, 3.63) is 60.2 Å². The van der Waals surface area contributed by atoms with E-state index in [4.69, 9.17) is 4.74 Å². The molecule has 0 unspecified atom stereocenters. The number of benzene rings is 2. The van der Waals surface area contributed by atoms with Gasteiger partial charge in [0.1, 0.15) is 5.60 Å². The average molecular weight is 282 g/mol. The van der Waals surface area contributed by atoms with Crippen molar-refractivity contribution in [2.24, 2.45) is 0 Å². The lowest BCUT2D eigenvalue weighted by Gasteiger charge is -2.19. The molecule has 0 heterocycles. The fourth-order valence-electron chi connectivity index (χ4n) is 2.13. The van der Waals surface area contributed by atoms with Gasteiger partial charge in [0, 0.05) is 6.42 Å². The molecule has 0 saturated carbocycles. The molecular formula is C19H22O2. The molecule has 2 aromatic rings. The molecular weight excluding hydrogens is 260 g/mol. The average Bonchev–Trinajstić information content (AvgIpc) is 2.45. The van der Waals surface area contributed by atoms with E-state index in [1.54, 1.807) is 0 Å². The van der Waals surface area contributed by atoms with Crippen LogP contribution in [0.5, 0.6) is 0 Å². The number of hydrogen-bond acceptors (Lipinski definition) is 2. The van der Waals surface area contributed by atoms with Gasteiger partial charge in [-0.15, -0.1) is 0 Å². The Morgan fingerprint density at radius 1 is 0.905 bits per heavy atom. The third kappa shape index (κ3) is 5.07. The third-order valence-electron chi connectivity index (χ3n) is 3.10. The van der Waals surface area contributed by atoms with Crippen molar-refractivity contribution < 1.29 is 9.53 Å². The standard InChI is InChI=1S/C19H22O2/c1-19(2,3)21-18(20)14-11-15-9-12-17(13-10-15)16-7-5-4-6-8-16/h4-10,12-13H,11,14H2,1-3H3. The van der Waals surface area contributed by atoms with E-state index in [-0.39, 0.29) is 5.97 Å². The molecule has 0 amide bonds. The van der Waals surface area contributed by atoms with Gasteiger partial charge < -0.3 is 4.74 Å². The van der Waals surface area contributed by atoms with Crippen LogP contribution in [0.2, 0.25) is 0 Å². The first-order valence-corrected chi connectivity index (χ1v) is 7.30. The van der Waals surface area contributed by atoms with Gasteiger partial charge in [-0.25, -0.2) is 0 Å². The predicted molar refractivity (Wildman–Crippen MR) is 86.0 cm³/mol. The van der Waals surface area contributed by atoms with Gasteiger partial charge in [0.15, 0.2) is 0 Å². The predicted octanol–water partition coefficient (Wildman–Crippen LogP) is 4.63. The van der Waals surface area contributed by atoms with Crippen LogP contribution in [0, 0.1) is 0 Å². The van der Waals surface area contributed by atoms with E-state index in [0.717, 1.165) is 5.56 Å². The second kappa shape index (κ2) is 6.57. The summed E-state index contributed by atoms with van der Waals surface area (Å²) in [5.41, 5.74) is 3.14. The summed E-state index contributed by atoms with van der Waals surface area (Å²) in [6.07, 6.45) is 1.13. The van der Waals surface area contributed by atoms with Crippen molar-refractivity contribution in [3.8, 4) is 11.1 Å². The molecule has 0 fully saturated rings. The highest BCUT2D eigenvalue weighted by Gasteiger charge is 2.15. The van der Waals surface area contributed by atoms with E-state index < -0.39 is 5.60 Å². The summed E-state index contributed by atoms with van der Waals surface area (Å²) in [5.74, 6) is -0.144. The van der Waals surface area contributed by atoms with Gasteiger partial charge in [0.05, 0.1) is 0 Å². The zero-order valence-electron chi connectivity index (χ0n) is 12.9. The Balaban J connectivity index is 1.93. The molecule has 0 aliphatic carbocycles. The van der Waals surface area contributed by atoms with Gasteiger partial charge in [-0.1, -0.05) is 54.6 Å². The minimum atomic E-state index is -0.408. The van der Waals surface area contributed by atoms with Gasteiger partial charge in [0.25, 0.3) is 0 Å². The zero-order valence-corrected chi connectivity index (χ0v) is 12.9. The summed E-state index contributed by atoms with van der Waals surface area (Å²) in [5, 5.41) is 0. The lowest BCUT2D eigenvalue weighted by molar-refractivity contribution is -0.154. The largest absolute Gasteiger partial charge is 0.460 e. The highest BCUT2D eigenvalue weighted by Crippen LogP contribution is 2.20. The van der Waals surface area contributed by atoms with Crippen LogP contribution < -0.4 is 0 Å². The van der Waals surface area contributed by atoms with Crippen LogP contribution >= 0.6 is 0 Å². The fraction of sp³-hybridized carbons (Fsp3) is 0.316. The SMILES string of the molecule is CC(C)(C)OC(=O)CCc1ccc(-c2ccccc2)cc1. The highest BCUT2D eigenvalue weighted by atomic mass is 16.6. The first-order valence-electron chi connectivity index (χ1n) is 7.30. The van der Waals surface area contributed by atoms with E-state index in [1.165, 1.54) is 11.1 Å². The lowest BCUT2D eigenvalue weighted by Crippen LogP contribution is -2.23. The molecule has 0 N–H and O–H groups in total. The quantitative estimate of drug-likeness (QED) is 0.764. The Kier molecular flexibility index (Phi) is 4.79. The summed E-state index contributed by atoms with van der Waals surface area (Å²) < 4.78 is 5.31. The smallest absolute Gasteiger partial charge is 0.306 e. The topological polar surface area (TPSA) is 26.3 Å². The number of aryl methyl sites for hydroxylation is 1. The van der Waals surface area contributed by atoms with Crippen LogP contribution in [0.25, 0.3) is 11.1 Å². The molecule has 2 aromatic carbocycles. The minimum absolute atomic E-state index is 0.144. The van der Waals surface area contributed by atoms with Crippen LogP contribution in [-0.2, 0) is 16.0 Å². The van der Waals surface area contributed by atoms with E-state index >= 15 is 0 Å². The summed E-state index contributed by atoms with van der Waals surface area (Å²) in [6, 6.07) is 18.6. The first-order chi connectivity index (χ1) is 9.94. The van der Waals surface area contributed by atoms with Crippen LogP contribution in [-0.4, -0.2) is 11.6 Å². The van der Waals surface area contributed by atoms with Crippen LogP contribution in [0.15, 0.2) is 54.6 Å². The summed E-state index contributed by atoms with van der Waals surface area (Å²) in [4.78, 5) is 11.7. The number of esters is 1. The second-order valence-electron chi connectivity index (χ2n) is 6.15. The van der Waals surface area contributed by atoms with Crippen molar-refractivity contribution in [1.82, 2.24) is 0 Å². The molecule has 0 aromatic heterocycles. The fourth-order valence-corrected chi connectivity index (χ4v) is 2.13. The number of ether oxygens (including phenoxy) is 1. The van der Waals surface area contributed by atoms with Crippen molar-refractivity contribution in [2.75, 3.05) is 0 Å². The zero-order chi connectivity index (χ0) is 15.3. The second-order valence-corrected chi connectivity index (χ2v) is 6.15. The third-order valence-corrected chi connectivity index (χ3v) is 3.10. The maximum atomic E-state index is 11.7. The van der Waals surface area contributed by atoms with Crippen LogP contribution in [0.1, 0.15) is 32.8 Å². The minimum Gasteiger partial charge on any atom is -0.460 e. The van der Waals surface area contributed by atoms with Gasteiger partial charge in [-0.3, -0.25) is 4.79 Å². The maximum Gasteiger partial charge on any atom is 0.306 e. The van der Waals surface area contributed by atoms with E-state index in [9.17, 15) is 4.79 Å². The maximum absolute atomic E-state index is 11.7. The van der Waals surface area contributed by atoms with Gasteiger partial charge in [-0.05, 0) is 43.9 Å². The number of carbonyl (C=O) groups is 1. The lowest BCUT2D eigenvalue weighted by atomic mass is 10.0. The Bertz CT molecular complexity index is 577. The van der Waals surface area contributed by atoms with Gasteiger partial charge in [0.2, 0.25) is 0 Å². The van der Waals surface area contributed by atoms with Crippen molar-refractivity contribution >= 4 is 5.97 Å². The number of rotatable bonds is 4. The summed E-state index contributed by atoms with van der Waals surface area (Å²) in [6.45, 7) is 5.67. The molecule has 110 valence electrons. The Hall–Kier alpha value is -2.09. The Morgan fingerprint density at radius 3 is 2.05 bits per heavy atom. The molecule has 0 atom stereocenters. The monoisotopic (exact) mass is 282 g/mol. The first kappa shape index (κ1) is 15.3. The molecule has 0 saturated heterocycles. The highest BCUT2D eigenvalue weighted by molar-refractivity contribution is 5.70. The molecule has 0 bridgehead atoms. The molecule has 0 aliphatic rings. The Morgan fingerprint density at radius 2 is 1.48 bits per heavy atom. The van der Waals surface area contributed by atoms with Gasteiger partial charge in [-0.2, -0.15) is 0 Å². The molecule has 0 radical (unpaired) electrons. The number of carbonyl (C=O) groups excluding carboxylic acids is 1. The van der Waals surface area contributed by atoms with E-state index in [2.05, 4.69) is 36.4 Å². The summed E-state index contributed by atoms with van der Waals surface area (Å²) >= 11 is 0. The normalized spacial score (nSPS) is 11.2. The van der Waals surface area contributed by atoms with Crippen LogP contribution in [0.4, 0.5) is 0 Å². The van der Waals surface area contributed by atoms with Crippen molar-refractivity contribution in [1.29, 1.82) is 0 Å². The molecule has 2 nitrogen and oxygen atoms in total. The molecule has 0 spiro atoms. The Labute approximate surface area is 126 Å². The van der Waals surface area contributed by atoms with E-state index in [0.29, 0.717) is 12.8 Å². The molecule has 21 heavy (non-hydrogen) atoms. The summed E-state index contributed by atoms with van der Waals surface area (Å²) in [7, 11) is 0.